The molecule has 1 saturated carbocycles. The van der Waals surface area contributed by atoms with Gasteiger partial charge >= 0.3 is 0 Å². The van der Waals surface area contributed by atoms with Crippen molar-refractivity contribution in [3.05, 3.63) is 0 Å². The monoisotopic (exact) mass is 226 g/mol. The third-order valence-electron chi connectivity index (χ3n) is 4.01. The van der Waals surface area contributed by atoms with E-state index in [4.69, 9.17) is 4.74 Å². The number of rotatable bonds is 3. The van der Waals surface area contributed by atoms with Crippen LogP contribution in [-0.2, 0) is 9.53 Å². The Labute approximate surface area is 97.1 Å². The van der Waals surface area contributed by atoms with Gasteiger partial charge in [0.05, 0.1) is 0 Å². The summed E-state index contributed by atoms with van der Waals surface area (Å²) in [6, 6.07) is 0.326. The normalized spacial score (nSPS) is 29.5. The molecule has 1 heterocycles. The van der Waals surface area contributed by atoms with Gasteiger partial charge in [-0.1, -0.05) is 0 Å². The highest BCUT2D eigenvalue weighted by Gasteiger charge is 2.41. The van der Waals surface area contributed by atoms with Gasteiger partial charge in [0.25, 0.3) is 0 Å². The highest BCUT2D eigenvalue weighted by molar-refractivity contribution is 5.80. The van der Waals surface area contributed by atoms with Crippen LogP contribution >= 0.6 is 0 Å². The Hall–Kier alpha value is -0.610. The third-order valence-corrected chi connectivity index (χ3v) is 4.01. The molecule has 1 aliphatic heterocycles. The van der Waals surface area contributed by atoms with Crippen LogP contribution in [0.2, 0.25) is 0 Å². The van der Waals surface area contributed by atoms with E-state index in [0.717, 1.165) is 19.4 Å². The molecule has 2 unspecified atom stereocenters. The summed E-state index contributed by atoms with van der Waals surface area (Å²) in [5, 5.41) is 6.68. The van der Waals surface area contributed by atoms with Crippen molar-refractivity contribution in [2.45, 2.75) is 56.7 Å². The van der Waals surface area contributed by atoms with E-state index in [9.17, 15) is 4.79 Å². The second-order valence-corrected chi connectivity index (χ2v) is 5.14. The molecule has 0 bridgehead atoms. The average Bonchev–Trinajstić information content (AvgIpc) is 2.26. The molecule has 2 N–H and O–H groups in total. The number of piperidine rings is 1. The van der Waals surface area contributed by atoms with Crippen LogP contribution in [0.5, 0.6) is 0 Å². The van der Waals surface area contributed by atoms with Crippen LogP contribution in [0.25, 0.3) is 0 Å². The Morgan fingerprint density at radius 1 is 1.56 bits per heavy atom. The molecule has 0 aromatic rings. The predicted octanol–water partition coefficient (Wildman–Crippen LogP) is 0.812. The zero-order chi connectivity index (χ0) is 11.6. The minimum atomic E-state index is -0.341. The molecular weight excluding hydrogens is 204 g/mol. The zero-order valence-electron chi connectivity index (χ0n) is 10.2. The molecule has 2 rings (SSSR count). The Kier molecular flexibility index (Phi) is 3.50. The van der Waals surface area contributed by atoms with Crippen LogP contribution < -0.4 is 10.6 Å². The fourth-order valence-electron chi connectivity index (χ4n) is 2.69. The van der Waals surface area contributed by atoms with Gasteiger partial charge in [0, 0.05) is 18.7 Å². The number of ether oxygens (including phenoxy) is 1. The molecule has 4 heteroatoms. The van der Waals surface area contributed by atoms with E-state index in [-0.39, 0.29) is 12.0 Å². The maximum absolute atomic E-state index is 11.7. The first kappa shape index (κ1) is 11.9. The number of amides is 1. The fraction of sp³-hybridized carbons (Fsp3) is 0.917. The smallest absolute Gasteiger partial charge is 0.249 e. The molecule has 2 fully saturated rings. The van der Waals surface area contributed by atoms with Gasteiger partial charge in [0.15, 0.2) is 0 Å². The second kappa shape index (κ2) is 4.72. The second-order valence-electron chi connectivity index (χ2n) is 5.14. The van der Waals surface area contributed by atoms with E-state index in [0.29, 0.717) is 11.6 Å². The van der Waals surface area contributed by atoms with E-state index in [2.05, 4.69) is 10.6 Å². The minimum absolute atomic E-state index is 0.0175. The summed E-state index contributed by atoms with van der Waals surface area (Å²) in [5.41, 5.74) is 0.340. The number of carbonyl (C=O) groups excluding carboxylic acids is 1. The van der Waals surface area contributed by atoms with Gasteiger partial charge in [-0.15, -0.1) is 0 Å². The first-order valence-electron chi connectivity index (χ1n) is 6.23. The van der Waals surface area contributed by atoms with Gasteiger partial charge in [-0.25, -0.2) is 0 Å². The highest BCUT2D eigenvalue weighted by Crippen LogP contribution is 2.38. The summed E-state index contributed by atoms with van der Waals surface area (Å²) in [6.07, 6.45) is 5.62. The predicted molar refractivity (Wildman–Crippen MR) is 62.2 cm³/mol. The summed E-state index contributed by atoms with van der Waals surface area (Å²) in [5.74, 6) is 0.0175. The zero-order valence-corrected chi connectivity index (χ0v) is 10.2. The van der Waals surface area contributed by atoms with E-state index in [1.807, 2.05) is 0 Å². The molecule has 2 atom stereocenters. The number of methoxy groups -OCH3 is 1. The quantitative estimate of drug-likeness (QED) is 0.749. The Balaban J connectivity index is 1.83. The summed E-state index contributed by atoms with van der Waals surface area (Å²) in [4.78, 5) is 11.7. The van der Waals surface area contributed by atoms with Gasteiger partial charge < -0.3 is 15.4 Å². The molecule has 0 radical (unpaired) electrons. The van der Waals surface area contributed by atoms with Crippen LogP contribution in [0.1, 0.15) is 39.0 Å². The van der Waals surface area contributed by atoms with Gasteiger partial charge in [-0.2, -0.15) is 0 Å². The molecule has 1 saturated heterocycles. The van der Waals surface area contributed by atoms with Gasteiger partial charge in [-0.05, 0) is 45.6 Å². The van der Waals surface area contributed by atoms with Crippen molar-refractivity contribution in [1.29, 1.82) is 0 Å². The minimum Gasteiger partial charge on any atom is -0.372 e. The Morgan fingerprint density at radius 2 is 2.31 bits per heavy atom. The van der Waals surface area contributed by atoms with Crippen LogP contribution in [0.15, 0.2) is 0 Å². The standard InChI is InChI=1S/C12H22N2O2/c1-9(16-2)11(15)14-10-4-7-13-12(8-10)5-3-6-12/h9-10,13H,3-8H2,1-2H3,(H,14,15). The van der Waals surface area contributed by atoms with E-state index < -0.39 is 0 Å². The van der Waals surface area contributed by atoms with Crippen molar-refractivity contribution < 1.29 is 9.53 Å². The number of hydrogen-bond acceptors (Lipinski definition) is 3. The van der Waals surface area contributed by atoms with Gasteiger partial charge in [-0.3, -0.25) is 4.79 Å². The lowest BCUT2D eigenvalue weighted by atomic mass is 9.70. The summed E-state index contributed by atoms with van der Waals surface area (Å²) >= 11 is 0. The van der Waals surface area contributed by atoms with E-state index >= 15 is 0 Å². The van der Waals surface area contributed by atoms with Crippen LogP contribution in [0.3, 0.4) is 0 Å². The number of hydrogen-bond donors (Lipinski definition) is 2. The molecule has 16 heavy (non-hydrogen) atoms. The lowest BCUT2D eigenvalue weighted by Crippen LogP contribution is -2.60. The number of carbonyl (C=O) groups is 1. The van der Waals surface area contributed by atoms with Crippen molar-refractivity contribution in [2.24, 2.45) is 0 Å². The molecule has 1 aliphatic carbocycles. The molecule has 1 spiro atoms. The van der Waals surface area contributed by atoms with Crippen LogP contribution in [-0.4, -0.2) is 37.2 Å². The maximum Gasteiger partial charge on any atom is 0.249 e. The Morgan fingerprint density at radius 3 is 2.88 bits per heavy atom. The van der Waals surface area contributed by atoms with Crippen molar-refractivity contribution in [2.75, 3.05) is 13.7 Å². The molecule has 0 aromatic heterocycles. The largest absolute Gasteiger partial charge is 0.372 e. The number of nitrogens with one attached hydrogen (secondary N) is 2. The molecular formula is C12H22N2O2. The van der Waals surface area contributed by atoms with Crippen molar-refractivity contribution >= 4 is 5.91 Å². The fourth-order valence-corrected chi connectivity index (χ4v) is 2.69. The first-order chi connectivity index (χ1) is 7.65. The molecule has 2 aliphatic rings. The molecule has 0 aromatic carbocycles. The third kappa shape index (κ3) is 2.38. The van der Waals surface area contributed by atoms with Crippen LogP contribution in [0.4, 0.5) is 0 Å². The first-order valence-corrected chi connectivity index (χ1v) is 6.23. The molecule has 92 valence electrons. The Bertz CT molecular complexity index is 264. The molecule has 1 amide bonds. The SMILES string of the molecule is COC(C)C(=O)NC1CCNC2(CCC2)C1. The molecule has 4 nitrogen and oxygen atoms in total. The van der Waals surface area contributed by atoms with Crippen LogP contribution in [0, 0.1) is 0 Å². The lowest BCUT2D eigenvalue weighted by molar-refractivity contribution is -0.131. The van der Waals surface area contributed by atoms with Crippen molar-refractivity contribution in [3.8, 4) is 0 Å². The van der Waals surface area contributed by atoms with E-state index in [1.54, 1.807) is 14.0 Å². The van der Waals surface area contributed by atoms with Gasteiger partial charge in [0.1, 0.15) is 6.10 Å². The summed E-state index contributed by atoms with van der Waals surface area (Å²) in [6.45, 7) is 2.81. The van der Waals surface area contributed by atoms with E-state index in [1.165, 1.54) is 19.3 Å². The summed E-state index contributed by atoms with van der Waals surface area (Å²) in [7, 11) is 1.57. The highest BCUT2D eigenvalue weighted by atomic mass is 16.5. The van der Waals surface area contributed by atoms with Gasteiger partial charge in [0.2, 0.25) is 5.91 Å². The van der Waals surface area contributed by atoms with Crippen molar-refractivity contribution in [1.82, 2.24) is 10.6 Å². The average molecular weight is 226 g/mol. The maximum atomic E-state index is 11.7. The lowest BCUT2D eigenvalue weighted by Gasteiger charge is -2.48. The topological polar surface area (TPSA) is 50.4 Å². The van der Waals surface area contributed by atoms with Crippen molar-refractivity contribution in [3.63, 3.8) is 0 Å². The summed E-state index contributed by atoms with van der Waals surface area (Å²) < 4.78 is 5.02.